The van der Waals surface area contributed by atoms with E-state index in [2.05, 4.69) is 5.32 Å². The third kappa shape index (κ3) is 4.43. The third-order valence-corrected chi connectivity index (χ3v) is 4.04. The summed E-state index contributed by atoms with van der Waals surface area (Å²) in [7, 11) is 0. The number of aliphatic hydroxyl groups is 1. The van der Waals surface area contributed by atoms with Crippen molar-refractivity contribution in [2.45, 2.75) is 38.5 Å². The largest absolute Gasteiger partial charge is 0.389 e. The van der Waals surface area contributed by atoms with Gasteiger partial charge in [-0.05, 0) is 31.0 Å². The highest BCUT2D eigenvalue weighted by molar-refractivity contribution is 6.30. The number of urea groups is 1. The summed E-state index contributed by atoms with van der Waals surface area (Å²) in [5, 5.41) is 13.2. The lowest BCUT2D eigenvalue weighted by atomic mass is 10.1. The lowest BCUT2D eigenvalue weighted by Crippen LogP contribution is -2.39. The number of carbonyl (C=O) groups excluding carboxylic acids is 2. The number of nitrogens with zero attached hydrogens (tertiary/aromatic N) is 1. The zero-order valence-electron chi connectivity index (χ0n) is 13.2. The van der Waals surface area contributed by atoms with E-state index in [1.54, 1.807) is 12.1 Å². The molecule has 0 saturated carbocycles. The fraction of sp³-hybridized carbons (Fsp3) is 0.500. The molecule has 7 heteroatoms. The van der Waals surface area contributed by atoms with Crippen LogP contribution in [0.2, 0.25) is 5.02 Å². The molecule has 3 atom stereocenters. The fourth-order valence-electron chi connectivity index (χ4n) is 2.38. The maximum absolute atomic E-state index is 12.0. The van der Waals surface area contributed by atoms with Crippen LogP contribution in [-0.2, 0) is 9.53 Å². The lowest BCUT2D eigenvalue weighted by Gasteiger charge is -2.20. The van der Waals surface area contributed by atoms with Crippen molar-refractivity contribution >= 4 is 23.5 Å². The number of carbonyl (C=O) groups is 2. The van der Waals surface area contributed by atoms with Crippen molar-refractivity contribution in [2.24, 2.45) is 0 Å². The first-order valence-corrected chi connectivity index (χ1v) is 7.97. The number of amides is 3. The molecular formula is C16H21ClN2O4. The summed E-state index contributed by atoms with van der Waals surface area (Å²) in [4.78, 5) is 24.7. The molecule has 0 aromatic heterocycles. The summed E-state index contributed by atoms with van der Waals surface area (Å²) in [6.07, 6.45) is -0.634. The minimum atomic E-state index is -0.935. The van der Waals surface area contributed by atoms with E-state index in [-0.39, 0.29) is 25.2 Å². The van der Waals surface area contributed by atoms with Crippen LogP contribution in [0.15, 0.2) is 24.3 Å². The number of nitrogens with one attached hydrogen (secondary N) is 1. The van der Waals surface area contributed by atoms with Gasteiger partial charge in [-0.25, -0.2) is 4.79 Å². The van der Waals surface area contributed by atoms with Gasteiger partial charge in [0.25, 0.3) is 5.91 Å². The average molecular weight is 341 g/mol. The van der Waals surface area contributed by atoms with Crippen molar-refractivity contribution in [3.8, 4) is 0 Å². The molecule has 0 radical (unpaired) electrons. The molecule has 3 amide bonds. The van der Waals surface area contributed by atoms with Gasteiger partial charge in [0.1, 0.15) is 6.04 Å². The minimum Gasteiger partial charge on any atom is -0.389 e. The number of hydrogen-bond acceptors (Lipinski definition) is 4. The Kier molecular flexibility index (Phi) is 5.98. The van der Waals surface area contributed by atoms with Crippen molar-refractivity contribution in [1.82, 2.24) is 10.2 Å². The Morgan fingerprint density at radius 3 is 2.57 bits per heavy atom. The van der Waals surface area contributed by atoms with Crippen molar-refractivity contribution in [3.05, 3.63) is 34.9 Å². The van der Waals surface area contributed by atoms with Crippen LogP contribution in [0.4, 0.5) is 4.79 Å². The van der Waals surface area contributed by atoms with E-state index in [0.29, 0.717) is 11.4 Å². The Bertz CT molecular complexity index is 564. The van der Waals surface area contributed by atoms with Crippen molar-refractivity contribution in [1.29, 1.82) is 0 Å². The normalized spacial score (nSPS) is 20.5. The topological polar surface area (TPSA) is 78.9 Å². The van der Waals surface area contributed by atoms with Gasteiger partial charge in [0.15, 0.2) is 0 Å². The van der Waals surface area contributed by atoms with Gasteiger partial charge >= 0.3 is 6.03 Å². The molecule has 1 heterocycles. The summed E-state index contributed by atoms with van der Waals surface area (Å²) < 4.78 is 5.60. The third-order valence-electron chi connectivity index (χ3n) is 3.79. The van der Waals surface area contributed by atoms with E-state index < -0.39 is 18.2 Å². The van der Waals surface area contributed by atoms with E-state index in [1.807, 2.05) is 26.0 Å². The molecule has 1 aromatic rings. The van der Waals surface area contributed by atoms with Crippen LogP contribution >= 0.6 is 11.6 Å². The first-order chi connectivity index (χ1) is 10.9. The van der Waals surface area contributed by atoms with Gasteiger partial charge in [-0.3, -0.25) is 9.69 Å². The molecule has 0 bridgehead atoms. The fourth-order valence-corrected chi connectivity index (χ4v) is 2.50. The second kappa shape index (κ2) is 7.77. The first kappa shape index (κ1) is 17.7. The van der Waals surface area contributed by atoms with Crippen LogP contribution in [0.3, 0.4) is 0 Å². The van der Waals surface area contributed by atoms with E-state index >= 15 is 0 Å². The maximum Gasteiger partial charge on any atom is 0.324 e. The lowest BCUT2D eigenvalue weighted by molar-refractivity contribution is -0.129. The Hall–Kier alpha value is -1.63. The Morgan fingerprint density at radius 1 is 1.35 bits per heavy atom. The number of benzene rings is 1. The summed E-state index contributed by atoms with van der Waals surface area (Å²) in [5.41, 5.74) is 0.933. The molecule has 2 N–H and O–H groups in total. The molecule has 2 rings (SSSR count). The number of β-amino-alcohol motifs (C(OH)–C–C–N with tert-alkyl or cyclic N) is 1. The number of rotatable bonds is 7. The van der Waals surface area contributed by atoms with Crippen molar-refractivity contribution in [2.75, 3.05) is 13.2 Å². The zero-order valence-corrected chi connectivity index (χ0v) is 13.9. The highest BCUT2D eigenvalue weighted by Gasteiger charge is 2.37. The van der Waals surface area contributed by atoms with Crippen LogP contribution in [0.25, 0.3) is 0 Å². The van der Waals surface area contributed by atoms with E-state index in [0.717, 1.165) is 10.5 Å². The van der Waals surface area contributed by atoms with Gasteiger partial charge in [0.2, 0.25) is 0 Å². The standard InChI is InChI=1S/C16H21ClN2O4/c1-3-14-15(21)19(16(22)18-14)8-13(20)9-23-10(2)11-4-6-12(17)7-5-11/h4-7,10,13-14,20H,3,8-9H2,1-2H3,(H,18,22). The average Bonchev–Trinajstić information content (AvgIpc) is 2.80. The van der Waals surface area contributed by atoms with Crippen LogP contribution in [0.1, 0.15) is 31.9 Å². The highest BCUT2D eigenvalue weighted by atomic mass is 35.5. The molecule has 0 spiro atoms. The highest BCUT2D eigenvalue weighted by Crippen LogP contribution is 2.19. The van der Waals surface area contributed by atoms with Crippen LogP contribution in [-0.4, -0.2) is 47.2 Å². The summed E-state index contributed by atoms with van der Waals surface area (Å²) in [6, 6.07) is 6.28. The van der Waals surface area contributed by atoms with Crippen molar-refractivity contribution in [3.63, 3.8) is 0 Å². The first-order valence-electron chi connectivity index (χ1n) is 7.59. The molecule has 23 heavy (non-hydrogen) atoms. The predicted molar refractivity (Wildman–Crippen MR) is 86.1 cm³/mol. The van der Waals surface area contributed by atoms with E-state index in [4.69, 9.17) is 16.3 Å². The van der Waals surface area contributed by atoms with E-state index in [1.165, 1.54) is 0 Å². The smallest absolute Gasteiger partial charge is 0.324 e. The number of imide groups is 1. The Morgan fingerprint density at radius 2 is 2.00 bits per heavy atom. The molecule has 1 saturated heterocycles. The predicted octanol–water partition coefficient (Wildman–Crippen LogP) is 2.11. The Labute approximate surface area is 140 Å². The van der Waals surface area contributed by atoms with Gasteiger partial charge in [0, 0.05) is 5.02 Å². The maximum atomic E-state index is 12.0. The number of hydrogen-bond donors (Lipinski definition) is 2. The summed E-state index contributed by atoms with van der Waals surface area (Å²) in [5.74, 6) is -0.303. The zero-order chi connectivity index (χ0) is 17.0. The summed E-state index contributed by atoms with van der Waals surface area (Å²) >= 11 is 5.83. The second-order valence-electron chi connectivity index (χ2n) is 5.54. The molecule has 1 aliphatic heterocycles. The van der Waals surface area contributed by atoms with Crippen LogP contribution in [0.5, 0.6) is 0 Å². The van der Waals surface area contributed by atoms with Gasteiger partial charge in [-0.1, -0.05) is 30.7 Å². The Balaban J connectivity index is 1.83. The van der Waals surface area contributed by atoms with Gasteiger partial charge in [-0.2, -0.15) is 0 Å². The molecule has 1 aliphatic rings. The number of aliphatic hydroxyl groups excluding tert-OH is 1. The molecule has 0 aliphatic carbocycles. The summed E-state index contributed by atoms with van der Waals surface area (Å²) in [6.45, 7) is 3.63. The molecule has 1 aromatic carbocycles. The molecular weight excluding hydrogens is 320 g/mol. The quantitative estimate of drug-likeness (QED) is 0.745. The second-order valence-corrected chi connectivity index (χ2v) is 5.98. The van der Waals surface area contributed by atoms with Gasteiger partial charge in [0.05, 0.1) is 25.4 Å². The van der Waals surface area contributed by atoms with Gasteiger partial charge in [-0.15, -0.1) is 0 Å². The van der Waals surface area contributed by atoms with Gasteiger partial charge < -0.3 is 15.2 Å². The molecule has 126 valence electrons. The van der Waals surface area contributed by atoms with Crippen LogP contribution < -0.4 is 5.32 Å². The SMILES string of the molecule is CCC1NC(=O)N(CC(O)COC(C)c2ccc(Cl)cc2)C1=O. The van der Waals surface area contributed by atoms with E-state index in [9.17, 15) is 14.7 Å². The number of ether oxygens (including phenoxy) is 1. The van der Waals surface area contributed by atoms with Crippen LogP contribution in [0, 0.1) is 0 Å². The van der Waals surface area contributed by atoms with Crippen molar-refractivity contribution < 1.29 is 19.4 Å². The minimum absolute atomic E-state index is 0.0254. The molecule has 6 nitrogen and oxygen atoms in total. The molecule has 3 unspecified atom stereocenters. The monoisotopic (exact) mass is 340 g/mol. The number of halogens is 1. The molecule has 1 fully saturated rings.